The molecule has 1 saturated carbocycles. The molecule has 0 amide bonds. The molecule has 1 aromatic rings. The highest BCUT2D eigenvalue weighted by Crippen LogP contribution is 2.31. The normalized spacial score (nSPS) is 26.2. The van der Waals surface area contributed by atoms with E-state index in [-0.39, 0.29) is 0 Å². The van der Waals surface area contributed by atoms with E-state index in [1.54, 1.807) is 0 Å². The van der Waals surface area contributed by atoms with E-state index < -0.39 is 0 Å². The average molecular weight is 191 g/mol. The van der Waals surface area contributed by atoms with Crippen molar-refractivity contribution in [2.75, 3.05) is 0 Å². The first-order chi connectivity index (χ1) is 6.84. The van der Waals surface area contributed by atoms with E-state index >= 15 is 0 Å². The maximum absolute atomic E-state index is 4.52. The summed E-state index contributed by atoms with van der Waals surface area (Å²) in [5.74, 6) is 0. The van der Waals surface area contributed by atoms with Gasteiger partial charge in [0.05, 0.1) is 18.1 Å². The number of nitrogens with zero attached hydrogens (tertiary/aromatic N) is 2. The fraction of sp³-hybridized carbons (Fsp3) is 0.727. The van der Waals surface area contributed by atoms with Gasteiger partial charge in [0.1, 0.15) is 0 Å². The van der Waals surface area contributed by atoms with E-state index in [0.29, 0.717) is 6.04 Å². The van der Waals surface area contributed by atoms with Gasteiger partial charge in [0.2, 0.25) is 0 Å². The molecular formula is C11H17N3. The Morgan fingerprint density at radius 3 is 3.07 bits per heavy atom. The van der Waals surface area contributed by atoms with Crippen molar-refractivity contribution < 1.29 is 0 Å². The molecule has 2 aliphatic carbocycles. The topological polar surface area (TPSA) is 29.9 Å². The number of hydrogen-bond donors (Lipinski definition) is 1. The van der Waals surface area contributed by atoms with Crippen molar-refractivity contribution in [2.24, 2.45) is 7.05 Å². The van der Waals surface area contributed by atoms with Crippen LogP contribution in [-0.4, -0.2) is 15.6 Å². The lowest BCUT2D eigenvalue weighted by atomic mass is 9.96. The number of rotatable bonds is 2. The third-order valence-electron chi connectivity index (χ3n) is 3.34. The van der Waals surface area contributed by atoms with Crippen molar-refractivity contribution in [2.45, 2.75) is 44.2 Å². The van der Waals surface area contributed by atoms with Crippen LogP contribution in [0.15, 0.2) is 6.33 Å². The zero-order valence-corrected chi connectivity index (χ0v) is 8.66. The van der Waals surface area contributed by atoms with Gasteiger partial charge in [0.25, 0.3) is 0 Å². The summed E-state index contributed by atoms with van der Waals surface area (Å²) in [5.41, 5.74) is 2.75. The number of hydrogen-bond acceptors (Lipinski definition) is 2. The summed E-state index contributed by atoms with van der Waals surface area (Å²) in [6.07, 6.45) is 8.45. The number of aryl methyl sites for hydroxylation is 1. The summed E-state index contributed by atoms with van der Waals surface area (Å²) in [5, 5.41) is 3.69. The van der Waals surface area contributed by atoms with Gasteiger partial charge in [0.15, 0.2) is 0 Å². The summed E-state index contributed by atoms with van der Waals surface area (Å²) in [7, 11) is 2.10. The van der Waals surface area contributed by atoms with Crippen molar-refractivity contribution >= 4 is 0 Å². The first-order valence-corrected chi connectivity index (χ1v) is 5.61. The Morgan fingerprint density at radius 1 is 1.43 bits per heavy atom. The Bertz CT molecular complexity index is 338. The van der Waals surface area contributed by atoms with Crippen LogP contribution in [-0.2, 0) is 13.5 Å². The summed E-state index contributed by atoms with van der Waals surface area (Å²) in [6.45, 7) is 0. The van der Waals surface area contributed by atoms with Gasteiger partial charge in [0, 0.05) is 18.8 Å². The molecule has 0 radical (unpaired) electrons. The largest absolute Gasteiger partial charge is 0.337 e. The highest BCUT2D eigenvalue weighted by Gasteiger charge is 2.29. The summed E-state index contributed by atoms with van der Waals surface area (Å²) >= 11 is 0. The number of fused-ring (bicyclic) bond motifs is 1. The van der Waals surface area contributed by atoms with E-state index in [4.69, 9.17) is 0 Å². The molecule has 76 valence electrons. The molecule has 1 N–H and O–H groups in total. The van der Waals surface area contributed by atoms with E-state index in [0.717, 1.165) is 6.04 Å². The van der Waals surface area contributed by atoms with Crippen molar-refractivity contribution in [3.63, 3.8) is 0 Å². The van der Waals surface area contributed by atoms with Gasteiger partial charge in [-0.1, -0.05) is 0 Å². The van der Waals surface area contributed by atoms with E-state index in [2.05, 4.69) is 21.9 Å². The van der Waals surface area contributed by atoms with Crippen LogP contribution in [0.2, 0.25) is 0 Å². The minimum Gasteiger partial charge on any atom is -0.337 e. The molecule has 1 aromatic heterocycles. The van der Waals surface area contributed by atoms with Gasteiger partial charge in [-0.2, -0.15) is 0 Å². The van der Waals surface area contributed by atoms with E-state index in [1.807, 2.05) is 6.33 Å². The number of imidazole rings is 1. The molecule has 3 nitrogen and oxygen atoms in total. The van der Waals surface area contributed by atoms with Crippen LogP contribution in [0.4, 0.5) is 0 Å². The lowest BCUT2D eigenvalue weighted by Crippen LogP contribution is -2.27. The molecule has 1 atom stereocenters. The highest BCUT2D eigenvalue weighted by molar-refractivity contribution is 5.20. The zero-order chi connectivity index (χ0) is 9.54. The van der Waals surface area contributed by atoms with Gasteiger partial charge in [-0.15, -0.1) is 0 Å². The summed E-state index contributed by atoms with van der Waals surface area (Å²) in [6, 6.07) is 1.32. The standard InChI is InChI=1S/C11H17N3/c1-14-7-12-11-9(13-8-5-6-8)3-2-4-10(11)14/h7-9,13H,2-6H2,1H3/t9-/m0/s1. The Labute approximate surface area is 84.5 Å². The van der Waals surface area contributed by atoms with Crippen molar-refractivity contribution in [1.82, 2.24) is 14.9 Å². The number of nitrogens with one attached hydrogen (secondary N) is 1. The van der Waals surface area contributed by atoms with Crippen molar-refractivity contribution in [3.8, 4) is 0 Å². The Morgan fingerprint density at radius 2 is 2.29 bits per heavy atom. The van der Waals surface area contributed by atoms with Crippen LogP contribution in [0, 0.1) is 0 Å². The Kier molecular flexibility index (Phi) is 1.87. The Hall–Kier alpha value is -0.830. The van der Waals surface area contributed by atoms with Crippen LogP contribution >= 0.6 is 0 Å². The average Bonchev–Trinajstić information content (AvgIpc) is 2.92. The third kappa shape index (κ3) is 1.36. The molecule has 2 aliphatic rings. The molecule has 0 aromatic carbocycles. The molecule has 0 spiro atoms. The molecule has 3 heteroatoms. The second-order valence-electron chi connectivity index (χ2n) is 4.57. The molecule has 0 saturated heterocycles. The van der Waals surface area contributed by atoms with Crippen LogP contribution < -0.4 is 5.32 Å². The third-order valence-corrected chi connectivity index (χ3v) is 3.34. The van der Waals surface area contributed by atoms with Gasteiger partial charge >= 0.3 is 0 Å². The molecule has 1 fully saturated rings. The quantitative estimate of drug-likeness (QED) is 0.768. The van der Waals surface area contributed by atoms with Crippen LogP contribution in [0.5, 0.6) is 0 Å². The smallest absolute Gasteiger partial charge is 0.0949 e. The van der Waals surface area contributed by atoms with E-state index in [9.17, 15) is 0 Å². The molecule has 0 aliphatic heterocycles. The first kappa shape index (κ1) is 8.48. The zero-order valence-electron chi connectivity index (χ0n) is 8.66. The van der Waals surface area contributed by atoms with Gasteiger partial charge < -0.3 is 9.88 Å². The molecule has 0 unspecified atom stereocenters. The van der Waals surface area contributed by atoms with Crippen LogP contribution in [0.1, 0.15) is 43.1 Å². The lowest BCUT2D eigenvalue weighted by Gasteiger charge is -2.23. The lowest BCUT2D eigenvalue weighted by molar-refractivity contribution is 0.443. The predicted molar refractivity (Wildman–Crippen MR) is 55.0 cm³/mol. The molecule has 1 heterocycles. The van der Waals surface area contributed by atoms with Gasteiger partial charge in [-0.3, -0.25) is 0 Å². The highest BCUT2D eigenvalue weighted by atomic mass is 15.1. The fourth-order valence-corrected chi connectivity index (χ4v) is 2.38. The van der Waals surface area contributed by atoms with Crippen molar-refractivity contribution in [1.29, 1.82) is 0 Å². The first-order valence-electron chi connectivity index (χ1n) is 5.61. The second-order valence-corrected chi connectivity index (χ2v) is 4.57. The van der Waals surface area contributed by atoms with Crippen LogP contribution in [0.3, 0.4) is 0 Å². The summed E-state index contributed by atoms with van der Waals surface area (Å²) < 4.78 is 2.18. The van der Waals surface area contributed by atoms with Gasteiger partial charge in [-0.05, 0) is 32.1 Å². The van der Waals surface area contributed by atoms with Crippen molar-refractivity contribution in [3.05, 3.63) is 17.7 Å². The number of aromatic nitrogens is 2. The molecular weight excluding hydrogens is 174 g/mol. The van der Waals surface area contributed by atoms with E-state index in [1.165, 1.54) is 43.5 Å². The molecule has 14 heavy (non-hydrogen) atoms. The maximum Gasteiger partial charge on any atom is 0.0949 e. The molecule has 0 bridgehead atoms. The minimum absolute atomic E-state index is 0.535. The monoisotopic (exact) mass is 191 g/mol. The molecule has 3 rings (SSSR count). The predicted octanol–water partition coefficient (Wildman–Crippen LogP) is 1.55. The van der Waals surface area contributed by atoms with Gasteiger partial charge in [-0.25, -0.2) is 4.98 Å². The maximum atomic E-state index is 4.52. The minimum atomic E-state index is 0.535. The second kappa shape index (κ2) is 3.09. The summed E-state index contributed by atoms with van der Waals surface area (Å²) in [4.78, 5) is 4.52. The Balaban J connectivity index is 1.86. The van der Waals surface area contributed by atoms with Crippen LogP contribution in [0.25, 0.3) is 0 Å². The SMILES string of the molecule is Cn1cnc2c1CCC[C@@H]2NC1CC1. The fourth-order valence-electron chi connectivity index (χ4n) is 2.38.